The molecular weight excluding hydrogens is 388 g/mol. The lowest BCUT2D eigenvalue weighted by Gasteiger charge is -2.27. The van der Waals surface area contributed by atoms with Crippen LogP contribution in [0, 0.1) is 0 Å². The summed E-state index contributed by atoms with van der Waals surface area (Å²) >= 11 is 5.97. The summed E-state index contributed by atoms with van der Waals surface area (Å²) in [6, 6.07) is 17.9. The fourth-order valence-electron chi connectivity index (χ4n) is 3.33. The van der Waals surface area contributed by atoms with Gasteiger partial charge in [-0.2, -0.15) is 0 Å². The van der Waals surface area contributed by atoms with E-state index in [0.717, 1.165) is 24.2 Å². The number of nitrogens with zero attached hydrogens (tertiary/aromatic N) is 2. The van der Waals surface area contributed by atoms with Crippen molar-refractivity contribution in [2.45, 2.75) is 45.1 Å². The number of hydrogen-bond donors (Lipinski definition) is 1. The summed E-state index contributed by atoms with van der Waals surface area (Å²) in [5.41, 5.74) is 3.15. The summed E-state index contributed by atoms with van der Waals surface area (Å²) in [6.45, 7) is 6.18. The Hall–Kier alpha value is -1.92. The van der Waals surface area contributed by atoms with Crippen molar-refractivity contribution in [2.24, 2.45) is 5.16 Å². The lowest BCUT2D eigenvalue weighted by Crippen LogP contribution is -2.39. The number of halogens is 1. The van der Waals surface area contributed by atoms with E-state index in [2.05, 4.69) is 22.2 Å². The Bertz CT molecular complexity index is 780. The van der Waals surface area contributed by atoms with E-state index in [4.69, 9.17) is 21.2 Å². The largest absolute Gasteiger partial charge is 0.390 e. The van der Waals surface area contributed by atoms with Gasteiger partial charge < -0.3 is 14.7 Å². The molecule has 1 N–H and O–H groups in total. The number of ether oxygens (including phenoxy) is 1. The molecule has 2 atom stereocenters. The maximum Gasteiger partial charge on any atom is 0.145 e. The molecule has 6 heteroatoms. The van der Waals surface area contributed by atoms with Crippen molar-refractivity contribution in [2.75, 3.05) is 19.7 Å². The van der Waals surface area contributed by atoms with Crippen LogP contribution in [0.25, 0.3) is 0 Å². The number of aliphatic hydroxyl groups excluding tert-OH is 1. The number of hydrogen-bond acceptors (Lipinski definition) is 5. The first kappa shape index (κ1) is 21.8. The Balaban J connectivity index is 1.59. The Labute approximate surface area is 177 Å². The molecule has 0 bridgehead atoms. The molecule has 0 unspecified atom stereocenters. The van der Waals surface area contributed by atoms with Crippen LogP contribution in [0.2, 0.25) is 5.02 Å². The fraction of sp³-hybridized carbons (Fsp3) is 0.435. The molecule has 5 nitrogen and oxygen atoms in total. The van der Waals surface area contributed by atoms with E-state index < -0.39 is 6.10 Å². The molecule has 0 aromatic heterocycles. The van der Waals surface area contributed by atoms with Gasteiger partial charge in [0.25, 0.3) is 0 Å². The van der Waals surface area contributed by atoms with Crippen LogP contribution in [-0.2, 0) is 16.1 Å². The second kappa shape index (κ2) is 10.7. The van der Waals surface area contributed by atoms with Gasteiger partial charge in [0.2, 0.25) is 0 Å². The topological polar surface area (TPSA) is 54.3 Å². The number of rotatable bonds is 10. The van der Waals surface area contributed by atoms with Crippen molar-refractivity contribution in [3.05, 3.63) is 70.7 Å². The molecule has 2 aromatic carbocycles. The first-order valence-electron chi connectivity index (χ1n) is 10.0. The Morgan fingerprint density at radius 3 is 2.59 bits per heavy atom. The molecule has 0 amide bonds. The number of oxime groups is 1. The van der Waals surface area contributed by atoms with Crippen molar-refractivity contribution < 1.29 is 14.7 Å². The molecule has 0 saturated carbocycles. The Morgan fingerprint density at radius 1 is 1.17 bits per heavy atom. The Kier molecular flexibility index (Phi) is 8.07. The van der Waals surface area contributed by atoms with Crippen LogP contribution in [-0.4, -0.2) is 53.7 Å². The van der Waals surface area contributed by atoms with E-state index in [0.29, 0.717) is 24.7 Å². The molecule has 29 heavy (non-hydrogen) atoms. The first-order valence-corrected chi connectivity index (χ1v) is 10.4. The maximum atomic E-state index is 10.4. The molecule has 0 aliphatic carbocycles. The van der Waals surface area contributed by atoms with Crippen molar-refractivity contribution in [1.82, 2.24) is 4.90 Å². The van der Waals surface area contributed by atoms with Crippen molar-refractivity contribution >= 4 is 17.3 Å². The van der Waals surface area contributed by atoms with Crippen LogP contribution in [0.5, 0.6) is 0 Å². The van der Waals surface area contributed by atoms with Crippen LogP contribution < -0.4 is 0 Å². The molecule has 0 spiro atoms. The van der Waals surface area contributed by atoms with Crippen LogP contribution in [0.3, 0.4) is 0 Å². The SMILES string of the molecule is CC(C)OC[C@H](O)CN(Cc1ccccc1)C[C@@H]1CC(c2ccc(Cl)cc2)=NO1. The minimum Gasteiger partial charge on any atom is -0.390 e. The highest BCUT2D eigenvalue weighted by molar-refractivity contribution is 6.30. The van der Waals surface area contributed by atoms with E-state index in [1.165, 1.54) is 5.56 Å². The third-order valence-corrected chi connectivity index (χ3v) is 4.96. The van der Waals surface area contributed by atoms with Gasteiger partial charge >= 0.3 is 0 Å². The van der Waals surface area contributed by atoms with Crippen molar-refractivity contribution in [3.63, 3.8) is 0 Å². The molecule has 1 aliphatic heterocycles. The van der Waals surface area contributed by atoms with E-state index in [-0.39, 0.29) is 12.2 Å². The minimum atomic E-state index is -0.556. The van der Waals surface area contributed by atoms with Gasteiger partial charge in [-0.15, -0.1) is 0 Å². The van der Waals surface area contributed by atoms with E-state index in [9.17, 15) is 5.11 Å². The van der Waals surface area contributed by atoms with Gasteiger partial charge in [0.05, 0.1) is 24.5 Å². The zero-order valence-corrected chi connectivity index (χ0v) is 17.8. The van der Waals surface area contributed by atoms with Gasteiger partial charge in [0, 0.05) is 31.1 Å². The number of benzene rings is 2. The van der Waals surface area contributed by atoms with Crippen molar-refractivity contribution in [3.8, 4) is 0 Å². The zero-order valence-electron chi connectivity index (χ0n) is 17.0. The molecule has 0 saturated heterocycles. The van der Waals surface area contributed by atoms with E-state index in [1.54, 1.807) is 0 Å². The van der Waals surface area contributed by atoms with Crippen molar-refractivity contribution in [1.29, 1.82) is 0 Å². The highest BCUT2D eigenvalue weighted by Gasteiger charge is 2.26. The monoisotopic (exact) mass is 416 g/mol. The average Bonchev–Trinajstić information content (AvgIpc) is 3.16. The van der Waals surface area contributed by atoms with Gasteiger partial charge in [-0.05, 0) is 37.1 Å². The molecule has 156 valence electrons. The lowest BCUT2D eigenvalue weighted by molar-refractivity contribution is -0.0194. The van der Waals surface area contributed by atoms with Gasteiger partial charge in [0.15, 0.2) is 0 Å². The molecule has 1 heterocycles. The Morgan fingerprint density at radius 2 is 1.90 bits per heavy atom. The molecule has 1 aliphatic rings. The van der Waals surface area contributed by atoms with Gasteiger partial charge in [-0.3, -0.25) is 4.90 Å². The van der Waals surface area contributed by atoms with Crippen LogP contribution in [0.4, 0.5) is 0 Å². The smallest absolute Gasteiger partial charge is 0.145 e. The van der Waals surface area contributed by atoms with Crippen LogP contribution >= 0.6 is 11.6 Å². The summed E-state index contributed by atoms with van der Waals surface area (Å²) in [7, 11) is 0. The highest BCUT2D eigenvalue weighted by Crippen LogP contribution is 2.20. The fourth-order valence-corrected chi connectivity index (χ4v) is 3.45. The maximum absolute atomic E-state index is 10.4. The predicted molar refractivity (Wildman–Crippen MR) is 116 cm³/mol. The zero-order chi connectivity index (χ0) is 20.6. The summed E-state index contributed by atoms with van der Waals surface area (Å²) in [5, 5.41) is 15.4. The summed E-state index contributed by atoms with van der Waals surface area (Å²) in [6.07, 6.45) is 0.216. The third kappa shape index (κ3) is 7.12. The van der Waals surface area contributed by atoms with Crippen LogP contribution in [0.1, 0.15) is 31.4 Å². The molecule has 3 rings (SSSR count). The van der Waals surface area contributed by atoms with E-state index in [1.807, 2.05) is 56.3 Å². The summed E-state index contributed by atoms with van der Waals surface area (Å²) in [4.78, 5) is 7.90. The molecule has 0 radical (unpaired) electrons. The second-order valence-corrected chi connectivity index (χ2v) is 8.13. The normalized spacial score (nSPS) is 17.4. The molecule has 2 aromatic rings. The third-order valence-electron chi connectivity index (χ3n) is 4.71. The minimum absolute atomic E-state index is 0.0531. The second-order valence-electron chi connectivity index (χ2n) is 7.69. The highest BCUT2D eigenvalue weighted by atomic mass is 35.5. The van der Waals surface area contributed by atoms with Gasteiger partial charge in [-0.25, -0.2) is 0 Å². The average molecular weight is 417 g/mol. The standard InChI is InChI=1S/C23H29ClN2O3/c1-17(2)28-16-21(27)14-26(13-18-6-4-3-5-7-18)15-22-12-23(25-29-22)19-8-10-20(24)11-9-19/h3-11,17,21-22,27H,12-16H2,1-2H3/t21-,22+/m1/s1. The van der Waals surface area contributed by atoms with Crippen LogP contribution in [0.15, 0.2) is 59.8 Å². The quantitative estimate of drug-likeness (QED) is 0.633. The van der Waals surface area contributed by atoms with Gasteiger partial charge in [0.1, 0.15) is 6.10 Å². The lowest BCUT2D eigenvalue weighted by atomic mass is 10.0. The summed E-state index contributed by atoms with van der Waals surface area (Å²) < 4.78 is 5.57. The predicted octanol–water partition coefficient (Wildman–Crippen LogP) is 4.12. The van der Waals surface area contributed by atoms with Gasteiger partial charge in [-0.1, -0.05) is 59.2 Å². The first-order chi connectivity index (χ1) is 14.0. The number of aliphatic hydroxyl groups is 1. The molecule has 0 fully saturated rings. The molecular formula is C23H29ClN2O3. The van der Waals surface area contributed by atoms with E-state index >= 15 is 0 Å². The summed E-state index contributed by atoms with van der Waals surface area (Å²) in [5.74, 6) is 0.